The second-order valence-electron chi connectivity index (χ2n) is 6.48. The van der Waals surface area contributed by atoms with Crippen molar-refractivity contribution in [1.82, 2.24) is 25.3 Å². The number of imidazole rings is 2. The van der Waals surface area contributed by atoms with E-state index in [0.29, 0.717) is 0 Å². The molecular weight excluding hydrogens is 298 g/mol. The molecule has 120 valence electrons. The summed E-state index contributed by atoms with van der Waals surface area (Å²) in [7, 11) is 0. The molecule has 24 heavy (non-hydrogen) atoms. The number of H-pyrrole nitrogens is 2. The van der Waals surface area contributed by atoms with Crippen LogP contribution in [0.25, 0.3) is 22.1 Å². The number of aromatic nitrogens is 4. The Balaban J connectivity index is 1.45. The first kappa shape index (κ1) is 13.7. The van der Waals surface area contributed by atoms with Gasteiger partial charge < -0.3 is 9.97 Å². The highest BCUT2D eigenvalue weighted by Crippen LogP contribution is 2.32. The molecular formula is C19H19N5. The van der Waals surface area contributed by atoms with Gasteiger partial charge in [0.25, 0.3) is 0 Å². The van der Waals surface area contributed by atoms with Gasteiger partial charge in [0.15, 0.2) is 0 Å². The summed E-state index contributed by atoms with van der Waals surface area (Å²) in [4.78, 5) is 16.4. The Morgan fingerprint density at radius 1 is 0.708 bits per heavy atom. The van der Waals surface area contributed by atoms with E-state index in [9.17, 15) is 0 Å². The van der Waals surface area contributed by atoms with E-state index in [4.69, 9.17) is 9.97 Å². The van der Waals surface area contributed by atoms with Crippen molar-refractivity contribution in [3.05, 3.63) is 60.2 Å². The number of hydrogen-bond donors (Lipinski definition) is 3. The van der Waals surface area contributed by atoms with Gasteiger partial charge in [0.1, 0.15) is 11.6 Å². The number of fused-ring (bicyclic) bond motifs is 2. The Kier molecular flexibility index (Phi) is 3.13. The van der Waals surface area contributed by atoms with Crippen molar-refractivity contribution < 1.29 is 0 Å². The molecule has 0 spiro atoms. The number of piperidine rings is 1. The summed E-state index contributed by atoms with van der Waals surface area (Å²) in [5, 5.41) is 3.72. The lowest BCUT2D eigenvalue weighted by molar-refractivity contribution is 0.314. The van der Waals surface area contributed by atoms with E-state index in [0.717, 1.165) is 53.0 Å². The molecule has 2 aromatic heterocycles. The number of para-hydroxylation sites is 4. The average molecular weight is 317 g/mol. The molecule has 0 saturated carbocycles. The van der Waals surface area contributed by atoms with Crippen molar-refractivity contribution >= 4 is 22.1 Å². The molecule has 0 radical (unpaired) electrons. The second kappa shape index (κ2) is 5.46. The molecule has 2 atom stereocenters. The molecule has 1 aliphatic rings. The molecule has 3 heterocycles. The number of nitrogens with zero attached hydrogens (tertiary/aromatic N) is 2. The summed E-state index contributed by atoms with van der Waals surface area (Å²) in [6.45, 7) is 0. The number of nitrogens with one attached hydrogen (secondary N) is 3. The smallest absolute Gasteiger partial charge is 0.124 e. The summed E-state index contributed by atoms with van der Waals surface area (Å²) in [5.74, 6) is 2.05. The van der Waals surface area contributed by atoms with Crippen molar-refractivity contribution in [2.45, 2.75) is 31.3 Å². The van der Waals surface area contributed by atoms with Gasteiger partial charge in [-0.15, -0.1) is 0 Å². The zero-order valence-electron chi connectivity index (χ0n) is 13.3. The van der Waals surface area contributed by atoms with Crippen LogP contribution in [0.5, 0.6) is 0 Å². The van der Waals surface area contributed by atoms with Gasteiger partial charge in [-0.2, -0.15) is 0 Å². The molecule has 1 fully saturated rings. The maximum Gasteiger partial charge on any atom is 0.124 e. The van der Waals surface area contributed by atoms with E-state index in [1.807, 2.05) is 24.3 Å². The SMILES string of the molecule is c1ccc2[nH]c(C3CCCC(c4nc5ccccc5[nH]4)N3)nc2c1. The number of hydrogen-bond acceptors (Lipinski definition) is 3. The molecule has 3 N–H and O–H groups in total. The van der Waals surface area contributed by atoms with Gasteiger partial charge in [0.05, 0.1) is 34.2 Å². The highest BCUT2D eigenvalue weighted by Gasteiger charge is 2.27. The first-order valence-corrected chi connectivity index (χ1v) is 8.52. The summed E-state index contributed by atoms with van der Waals surface area (Å²) in [5.41, 5.74) is 4.25. The van der Waals surface area contributed by atoms with Crippen molar-refractivity contribution in [2.75, 3.05) is 0 Å². The predicted octanol–water partition coefficient (Wildman–Crippen LogP) is 4.00. The zero-order chi connectivity index (χ0) is 15.9. The first-order chi connectivity index (χ1) is 11.9. The van der Waals surface area contributed by atoms with Crippen LogP contribution in [-0.4, -0.2) is 19.9 Å². The van der Waals surface area contributed by atoms with Crippen LogP contribution < -0.4 is 5.32 Å². The Morgan fingerprint density at radius 2 is 1.21 bits per heavy atom. The lowest BCUT2D eigenvalue weighted by Gasteiger charge is -2.28. The number of benzene rings is 2. The van der Waals surface area contributed by atoms with Crippen molar-refractivity contribution in [3.63, 3.8) is 0 Å². The predicted molar refractivity (Wildman–Crippen MR) is 94.7 cm³/mol. The highest BCUT2D eigenvalue weighted by atomic mass is 15.1. The lowest BCUT2D eigenvalue weighted by atomic mass is 9.97. The van der Waals surface area contributed by atoms with E-state index in [-0.39, 0.29) is 12.1 Å². The largest absolute Gasteiger partial charge is 0.341 e. The lowest BCUT2D eigenvalue weighted by Crippen LogP contribution is -2.32. The van der Waals surface area contributed by atoms with Crippen LogP contribution in [0.1, 0.15) is 43.0 Å². The molecule has 5 nitrogen and oxygen atoms in total. The van der Waals surface area contributed by atoms with Crippen LogP contribution in [0.3, 0.4) is 0 Å². The van der Waals surface area contributed by atoms with Gasteiger partial charge in [0.2, 0.25) is 0 Å². The van der Waals surface area contributed by atoms with Crippen molar-refractivity contribution in [2.24, 2.45) is 0 Å². The van der Waals surface area contributed by atoms with E-state index < -0.39 is 0 Å². The molecule has 0 amide bonds. The molecule has 2 aromatic carbocycles. The molecule has 4 aromatic rings. The first-order valence-electron chi connectivity index (χ1n) is 8.52. The van der Waals surface area contributed by atoms with Crippen molar-refractivity contribution in [3.8, 4) is 0 Å². The van der Waals surface area contributed by atoms with Crippen LogP contribution in [0, 0.1) is 0 Å². The van der Waals surface area contributed by atoms with Crippen LogP contribution >= 0.6 is 0 Å². The fraction of sp³-hybridized carbons (Fsp3) is 0.263. The number of aromatic amines is 2. The Bertz CT molecular complexity index is 853. The van der Waals surface area contributed by atoms with Crippen LogP contribution in [0.4, 0.5) is 0 Å². The van der Waals surface area contributed by atoms with Gasteiger partial charge in [-0.1, -0.05) is 24.3 Å². The minimum Gasteiger partial charge on any atom is -0.341 e. The van der Waals surface area contributed by atoms with Crippen LogP contribution in [-0.2, 0) is 0 Å². The Hall–Kier alpha value is -2.66. The number of rotatable bonds is 2. The van der Waals surface area contributed by atoms with Crippen molar-refractivity contribution in [1.29, 1.82) is 0 Å². The van der Waals surface area contributed by atoms with E-state index in [2.05, 4.69) is 39.6 Å². The maximum absolute atomic E-state index is 4.76. The third-order valence-electron chi connectivity index (χ3n) is 4.86. The van der Waals surface area contributed by atoms with Gasteiger partial charge in [-0.3, -0.25) is 5.32 Å². The van der Waals surface area contributed by atoms with E-state index >= 15 is 0 Å². The zero-order valence-corrected chi connectivity index (χ0v) is 13.3. The third-order valence-corrected chi connectivity index (χ3v) is 4.86. The average Bonchev–Trinajstić information content (AvgIpc) is 3.26. The standard InChI is InChI=1S/C19H19N5/c1-2-7-13-12(6-1)21-18(22-13)16-10-5-11-17(20-16)19-23-14-8-3-4-9-15(14)24-19/h1-4,6-9,16-17,20H,5,10-11H2,(H,21,22)(H,23,24). The Morgan fingerprint density at radius 3 is 1.71 bits per heavy atom. The van der Waals surface area contributed by atoms with Crippen LogP contribution in [0.2, 0.25) is 0 Å². The van der Waals surface area contributed by atoms with E-state index in [1.54, 1.807) is 0 Å². The Labute approximate surface area is 139 Å². The van der Waals surface area contributed by atoms with Gasteiger partial charge in [-0.05, 0) is 43.5 Å². The fourth-order valence-corrected chi connectivity index (χ4v) is 3.64. The highest BCUT2D eigenvalue weighted by molar-refractivity contribution is 5.75. The summed E-state index contributed by atoms with van der Waals surface area (Å²) < 4.78 is 0. The fourth-order valence-electron chi connectivity index (χ4n) is 3.64. The molecule has 2 unspecified atom stereocenters. The quantitative estimate of drug-likeness (QED) is 0.523. The molecule has 0 bridgehead atoms. The minimum atomic E-state index is 0.240. The second-order valence-corrected chi connectivity index (χ2v) is 6.48. The normalized spacial score (nSPS) is 21.5. The maximum atomic E-state index is 4.76. The van der Waals surface area contributed by atoms with Crippen LogP contribution in [0.15, 0.2) is 48.5 Å². The van der Waals surface area contributed by atoms with Gasteiger partial charge in [0, 0.05) is 0 Å². The molecule has 0 aliphatic carbocycles. The summed E-state index contributed by atoms with van der Waals surface area (Å²) >= 11 is 0. The topological polar surface area (TPSA) is 69.4 Å². The molecule has 1 saturated heterocycles. The van der Waals surface area contributed by atoms with Gasteiger partial charge >= 0.3 is 0 Å². The van der Waals surface area contributed by atoms with E-state index in [1.165, 1.54) is 0 Å². The monoisotopic (exact) mass is 317 g/mol. The molecule has 5 rings (SSSR count). The molecule has 5 heteroatoms. The molecule has 1 aliphatic heterocycles. The summed E-state index contributed by atoms with van der Waals surface area (Å²) in [6, 6.07) is 16.9. The van der Waals surface area contributed by atoms with Gasteiger partial charge in [-0.25, -0.2) is 9.97 Å². The summed E-state index contributed by atoms with van der Waals surface area (Å²) in [6.07, 6.45) is 3.35. The third kappa shape index (κ3) is 2.29. The minimum absolute atomic E-state index is 0.240.